The van der Waals surface area contributed by atoms with E-state index in [4.69, 9.17) is 11.6 Å². The van der Waals surface area contributed by atoms with E-state index in [9.17, 15) is 0 Å². The summed E-state index contributed by atoms with van der Waals surface area (Å²) in [7, 11) is 0. The predicted molar refractivity (Wildman–Crippen MR) is 40.7 cm³/mol. The lowest BCUT2D eigenvalue weighted by Crippen LogP contribution is -2.20. The van der Waals surface area contributed by atoms with E-state index in [-0.39, 0.29) is 0 Å². The second-order valence-electron chi connectivity index (χ2n) is 2.72. The molecular weight excluding hydrogens is 134 g/mol. The average molecular weight is 148 g/mol. The Morgan fingerprint density at radius 3 is 2.67 bits per heavy atom. The molecule has 1 nitrogen and oxygen atoms in total. The van der Waals surface area contributed by atoms with Crippen LogP contribution in [0.15, 0.2) is 0 Å². The van der Waals surface area contributed by atoms with Crippen LogP contribution in [0, 0.1) is 5.92 Å². The van der Waals surface area contributed by atoms with Crippen molar-refractivity contribution in [2.24, 2.45) is 5.92 Å². The highest BCUT2D eigenvalue weighted by Gasteiger charge is 2.15. The molecule has 9 heavy (non-hydrogen) atoms. The minimum atomic E-state index is 0.604. The minimum Gasteiger partial charge on any atom is -0.304 e. The van der Waals surface area contributed by atoms with Gasteiger partial charge in [0.25, 0.3) is 0 Å². The van der Waals surface area contributed by atoms with Crippen molar-refractivity contribution in [2.45, 2.75) is 25.7 Å². The maximum atomic E-state index is 5.44. The molecule has 0 atom stereocenters. The van der Waals surface area contributed by atoms with Gasteiger partial charge in [-0.3, -0.25) is 0 Å². The Bertz CT molecular complexity index is 71.3. The summed E-state index contributed by atoms with van der Waals surface area (Å²) in [5.74, 6) is 1.01. The van der Waals surface area contributed by atoms with Crippen LogP contribution in [0.3, 0.4) is 0 Å². The van der Waals surface area contributed by atoms with E-state index in [2.05, 4.69) is 5.32 Å². The lowest BCUT2D eigenvalue weighted by Gasteiger charge is -2.24. The van der Waals surface area contributed by atoms with Gasteiger partial charge in [-0.2, -0.15) is 0 Å². The summed E-state index contributed by atoms with van der Waals surface area (Å²) in [5.41, 5.74) is 0. The van der Waals surface area contributed by atoms with Crippen LogP contribution in [0.5, 0.6) is 0 Å². The van der Waals surface area contributed by atoms with Crippen LogP contribution < -0.4 is 5.32 Å². The van der Waals surface area contributed by atoms with Gasteiger partial charge in [-0.05, 0) is 18.9 Å². The molecule has 1 fully saturated rings. The molecule has 0 spiro atoms. The van der Waals surface area contributed by atoms with Gasteiger partial charge in [-0.1, -0.05) is 19.3 Å². The van der Waals surface area contributed by atoms with Crippen LogP contribution in [0.1, 0.15) is 25.7 Å². The van der Waals surface area contributed by atoms with Crippen molar-refractivity contribution in [1.82, 2.24) is 5.32 Å². The van der Waals surface area contributed by atoms with Crippen molar-refractivity contribution in [1.29, 1.82) is 0 Å². The Morgan fingerprint density at radius 1 is 1.44 bits per heavy atom. The Kier molecular flexibility index (Phi) is 3.37. The van der Waals surface area contributed by atoms with Gasteiger partial charge in [0.1, 0.15) is 0 Å². The van der Waals surface area contributed by atoms with Gasteiger partial charge in [-0.15, -0.1) is 11.6 Å². The van der Waals surface area contributed by atoms with E-state index >= 15 is 0 Å². The first-order valence-corrected chi connectivity index (χ1v) is 4.23. The quantitative estimate of drug-likeness (QED) is 0.364. The molecule has 54 valence electrons. The topological polar surface area (TPSA) is 12.0 Å². The van der Waals surface area contributed by atoms with Crippen LogP contribution in [0.2, 0.25) is 0 Å². The third-order valence-corrected chi connectivity index (χ3v) is 2.24. The zero-order chi connectivity index (χ0) is 6.53. The van der Waals surface area contributed by atoms with Gasteiger partial charge in [0.05, 0.1) is 6.00 Å². The summed E-state index contributed by atoms with van der Waals surface area (Å²) in [6.07, 6.45) is 5.67. The first-order chi connectivity index (χ1) is 4.43. The fraction of sp³-hybridized carbons (Fsp3) is 1.00. The fourth-order valence-corrected chi connectivity index (χ4v) is 1.29. The Hall–Kier alpha value is 0.250. The summed E-state index contributed by atoms with van der Waals surface area (Å²) in [6, 6.07) is 0.604. The molecular formula is C7H14ClN. The lowest BCUT2D eigenvalue weighted by molar-refractivity contribution is 0.294. The first-order valence-electron chi connectivity index (χ1n) is 3.70. The molecule has 1 aliphatic rings. The number of nitrogens with one attached hydrogen (secondary N) is 1. The molecule has 0 saturated heterocycles. The molecule has 0 unspecified atom stereocenters. The van der Waals surface area contributed by atoms with E-state index in [1.165, 1.54) is 25.7 Å². The van der Waals surface area contributed by atoms with E-state index in [1.807, 2.05) is 0 Å². The molecule has 1 N–H and O–H groups in total. The van der Waals surface area contributed by atoms with Crippen molar-refractivity contribution >= 4 is 11.6 Å². The molecule has 1 saturated carbocycles. The van der Waals surface area contributed by atoms with Crippen molar-refractivity contribution < 1.29 is 0 Å². The summed E-state index contributed by atoms with van der Waals surface area (Å²) in [5, 5.41) is 3.11. The molecule has 2 heteroatoms. The molecule has 0 radical (unpaired) electrons. The van der Waals surface area contributed by atoms with E-state index < -0.39 is 0 Å². The van der Waals surface area contributed by atoms with Gasteiger partial charge >= 0.3 is 0 Å². The average Bonchev–Trinajstić information content (AvgIpc) is 1.76. The summed E-state index contributed by atoms with van der Waals surface area (Å²) in [6.45, 7) is 1.11. The van der Waals surface area contributed by atoms with Crippen molar-refractivity contribution in [3.8, 4) is 0 Å². The van der Waals surface area contributed by atoms with Crippen molar-refractivity contribution in [3.63, 3.8) is 0 Å². The normalized spacial score (nSPS) is 19.7. The van der Waals surface area contributed by atoms with Crippen molar-refractivity contribution in [3.05, 3.63) is 0 Å². The van der Waals surface area contributed by atoms with Crippen molar-refractivity contribution in [2.75, 3.05) is 12.5 Å². The smallest absolute Gasteiger partial charge is 0.0713 e. The fourth-order valence-electron chi connectivity index (χ4n) is 1.15. The van der Waals surface area contributed by atoms with Crippen LogP contribution >= 0.6 is 11.6 Å². The lowest BCUT2D eigenvalue weighted by atomic mass is 9.83. The van der Waals surface area contributed by atoms with Gasteiger partial charge < -0.3 is 5.32 Å². The van der Waals surface area contributed by atoms with E-state index in [1.54, 1.807) is 0 Å². The Labute approximate surface area is 61.8 Å². The summed E-state index contributed by atoms with van der Waals surface area (Å²) < 4.78 is 0. The maximum Gasteiger partial charge on any atom is 0.0713 e. The number of hydrogen-bond donors (Lipinski definition) is 1. The standard InChI is InChI=1S/C7H14ClN/c8-6-9-5-4-7-2-1-3-7/h7,9H,1-6H2. The molecule has 0 aromatic carbocycles. The number of alkyl halides is 1. The number of hydrogen-bond acceptors (Lipinski definition) is 1. The second kappa shape index (κ2) is 4.13. The van der Waals surface area contributed by atoms with Crippen LogP contribution in [-0.2, 0) is 0 Å². The van der Waals surface area contributed by atoms with Gasteiger partial charge in [-0.25, -0.2) is 0 Å². The molecule has 0 aliphatic heterocycles. The minimum absolute atomic E-state index is 0.604. The predicted octanol–water partition coefficient (Wildman–Crippen LogP) is 1.96. The van der Waals surface area contributed by atoms with Gasteiger partial charge in [0, 0.05) is 0 Å². The first kappa shape index (κ1) is 7.36. The molecule has 0 bridgehead atoms. The van der Waals surface area contributed by atoms with Crippen LogP contribution in [0.4, 0.5) is 0 Å². The highest BCUT2D eigenvalue weighted by atomic mass is 35.5. The molecule has 0 aromatic rings. The number of halogens is 1. The van der Waals surface area contributed by atoms with E-state index in [0.29, 0.717) is 6.00 Å². The molecule has 0 aromatic heterocycles. The molecule has 1 rings (SSSR count). The third kappa shape index (κ3) is 2.55. The SMILES string of the molecule is ClCNCCC1CCC1. The second-order valence-corrected chi connectivity index (χ2v) is 2.99. The molecule has 0 heterocycles. The largest absolute Gasteiger partial charge is 0.304 e. The molecule has 0 amide bonds. The van der Waals surface area contributed by atoms with Gasteiger partial charge in [0.2, 0.25) is 0 Å². The Morgan fingerprint density at radius 2 is 2.22 bits per heavy atom. The van der Waals surface area contributed by atoms with Crippen LogP contribution in [-0.4, -0.2) is 12.5 Å². The number of rotatable bonds is 4. The third-order valence-electron chi connectivity index (χ3n) is 2.05. The zero-order valence-corrected chi connectivity index (χ0v) is 6.45. The highest BCUT2D eigenvalue weighted by Crippen LogP contribution is 2.28. The highest BCUT2D eigenvalue weighted by molar-refractivity contribution is 6.17. The zero-order valence-electron chi connectivity index (χ0n) is 5.70. The van der Waals surface area contributed by atoms with Crippen LogP contribution in [0.25, 0.3) is 0 Å². The summed E-state index contributed by atoms with van der Waals surface area (Å²) in [4.78, 5) is 0. The monoisotopic (exact) mass is 147 g/mol. The van der Waals surface area contributed by atoms with E-state index in [0.717, 1.165) is 12.5 Å². The van der Waals surface area contributed by atoms with Gasteiger partial charge in [0.15, 0.2) is 0 Å². The maximum absolute atomic E-state index is 5.44. The summed E-state index contributed by atoms with van der Waals surface area (Å²) >= 11 is 5.44. The Balaban J connectivity index is 1.80. The molecule has 1 aliphatic carbocycles.